The fraction of sp³-hybridized carbons (Fsp3) is 0.571. The van der Waals surface area contributed by atoms with Gasteiger partial charge in [-0.1, -0.05) is 25.5 Å². The van der Waals surface area contributed by atoms with E-state index >= 15 is 0 Å². The zero-order valence-electron chi connectivity index (χ0n) is 12.6. The van der Waals surface area contributed by atoms with Gasteiger partial charge in [0.1, 0.15) is 0 Å². The second-order valence-corrected chi connectivity index (χ2v) is 9.87. The third kappa shape index (κ3) is 7.62. The Morgan fingerprint density at radius 1 is 1.00 bits per heavy atom. The molecule has 0 spiro atoms. The Kier molecular flexibility index (Phi) is 7.88. The molecule has 1 aromatic rings. The molecule has 0 fully saturated rings. The second-order valence-electron chi connectivity index (χ2n) is 4.96. The van der Waals surface area contributed by atoms with E-state index in [1.54, 1.807) is 23.9 Å². The number of sulfone groups is 1. The molecule has 0 bridgehead atoms. The lowest BCUT2D eigenvalue weighted by Crippen LogP contribution is -2.10. The minimum absolute atomic E-state index is 0.103. The fourth-order valence-corrected chi connectivity index (χ4v) is 5.07. The summed E-state index contributed by atoms with van der Waals surface area (Å²) in [4.78, 5) is 0.249. The molecule has 0 saturated carbocycles. The molecule has 0 aliphatic heterocycles. The SMILES string of the molecule is CCCCSCCS(=O)(=O)c1ccc(CCS(=O)(=O)O)cc1. The van der Waals surface area contributed by atoms with E-state index < -0.39 is 20.0 Å². The minimum atomic E-state index is -4.00. The maximum atomic E-state index is 12.1. The summed E-state index contributed by atoms with van der Waals surface area (Å²) in [7, 11) is -7.30. The van der Waals surface area contributed by atoms with Gasteiger partial charge in [-0.3, -0.25) is 4.55 Å². The summed E-state index contributed by atoms with van der Waals surface area (Å²) < 4.78 is 54.3. The van der Waals surface area contributed by atoms with Gasteiger partial charge in [0.15, 0.2) is 9.84 Å². The van der Waals surface area contributed by atoms with Gasteiger partial charge in [-0.25, -0.2) is 8.42 Å². The number of aryl methyl sites for hydroxylation is 1. The Morgan fingerprint density at radius 3 is 2.18 bits per heavy atom. The molecule has 0 amide bonds. The van der Waals surface area contributed by atoms with Gasteiger partial charge in [0, 0.05) is 5.75 Å². The average Bonchev–Trinajstić information content (AvgIpc) is 2.44. The summed E-state index contributed by atoms with van der Waals surface area (Å²) in [5, 5.41) is 0. The number of hydrogen-bond acceptors (Lipinski definition) is 5. The maximum absolute atomic E-state index is 12.1. The normalized spacial score (nSPS) is 12.5. The topological polar surface area (TPSA) is 88.5 Å². The predicted molar refractivity (Wildman–Crippen MR) is 90.8 cm³/mol. The number of rotatable bonds is 10. The van der Waals surface area contributed by atoms with E-state index in [9.17, 15) is 16.8 Å². The second kappa shape index (κ2) is 8.90. The number of benzene rings is 1. The third-order valence-electron chi connectivity index (χ3n) is 3.07. The van der Waals surface area contributed by atoms with Crippen LogP contribution in [0.3, 0.4) is 0 Å². The summed E-state index contributed by atoms with van der Waals surface area (Å²) >= 11 is 1.64. The van der Waals surface area contributed by atoms with Crippen molar-refractivity contribution in [2.24, 2.45) is 0 Å². The highest BCUT2D eigenvalue weighted by Crippen LogP contribution is 2.15. The molecule has 1 N–H and O–H groups in total. The first-order chi connectivity index (χ1) is 10.2. The summed E-state index contributed by atoms with van der Waals surface area (Å²) in [5.41, 5.74) is 0.675. The van der Waals surface area contributed by atoms with Crippen LogP contribution in [0.5, 0.6) is 0 Å². The van der Waals surface area contributed by atoms with Crippen molar-refractivity contribution < 1.29 is 21.4 Å². The monoisotopic (exact) mass is 366 g/mol. The van der Waals surface area contributed by atoms with E-state index in [4.69, 9.17) is 4.55 Å². The molecule has 0 saturated heterocycles. The van der Waals surface area contributed by atoms with E-state index in [1.165, 1.54) is 12.1 Å². The number of hydrogen-bond donors (Lipinski definition) is 1. The summed E-state index contributed by atoms with van der Waals surface area (Å²) in [6.45, 7) is 2.10. The zero-order chi connectivity index (χ0) is 16.6. The Hall–Kier alpha value is -0.570. The number of thioether (sulfide) groups is 1. The van der Waals surface area contributed by atoms with Crippen LogP contribution >= 0.6 is 11.8 Å². The first kappa shape index (κ1) is 19.5. The Bertz CT molecular complexity index is 648. The van der Waals surface area contributed by atoms with Gasteiger partial charge in [-0.2, -0.15) is 20.2 Å². The van der Waals surface area contributed by atoms with Crippen LogP contribution in [0.1, 0.15) is 25.3 Å². The molecule has 8 heteroatoms. The molecule has 0 aromatic heterocycles. The minimum Gasteiger partial charge on any atom is -0.286 e. The lowest BCUT2D eigenvalue weighted by Gasteiger charge is -2.06. The van der Waals surface area contributed by atoms with Crippen molar-refractivity contribution in [3.8, 4) is 0 Å². The molecule has 1 aromatic carbocycles. The molecular weight excluding hydrogens is 344 g/mol. The van der Waals surface area contributed by atoms with Crippen LogP contribution < -0.4 is 0 Å². The Balaban J connectivity index is 2.57. The molecule has 5 nitrogen and oxygen atoms in total. The van der Waals surface area contributed by atoms with Crippen molar-refractivity contribution in [2.45, 2.75) is 31.1 Å². The van der Waals surface area contributed by atoms with Gasteiger partial charge in [0.05, 0.1) is 16.4 Å². The van der Waals surface area contributed by atoms with Crippen molar-refractivity contribution in [1.29, 1.82) is 0 Å². The van der Waals surface area contributed by atoms with Gasteiger partial charge in [0.2, 0.25) is 0 Å². The molecule has 0 aliphatic carbocycles. The lowest BCUT2D eigenvalue weighted by molar-refractivity contribution is 0.482. The Labute approximate surface area is 137 Å². The first-order valence-electron chi connectivity index (χ1n) is 7.09. The molecule has 0 aliphatic rings. The quantitative estimate of drug-likeness (QED) is 0.505. The van der Waals surface area contributed by atoms with Crippen molar-refractivity contribution in [3.63, 3.8) is 0 Å². The predicted octanol–water partition coefficient (Wildman–Crippen LogP) is 2.42. The van der Waals surface area contributed by atoms with Crippen molar-refractivity contribution in [3.05, 3.63) is 29.8 Å². The highest BCUT2D eigenvalue weighted by atomic mass is 32.2. The van der Waals surface area contributed by atoms with E-state index in [1.807, 2.05) is 0 Å². The zero-order valence-corrected chi connectivity index (χ0v) is 15.0. The standard InChI is InChI=1S/C14H22O5S3/c1-2-3-9-20-10-12-21(15,16)14-6-4-13(5-7-14)8-11-22(17,18)19/h4-7H,2-3,8-12H2,1H3,(H,17,18,19). The smallest absolute Gasteiger partial charge is 0.265 e. The molecule has 0 radical (unpaired) electrons. The summed E-state index contributed by atoms with van der Waals surface area (Å²) in [6, 6.07) is 6.15. The van der Waals surface area contributed by atoms with Crippen LogP contribution in [0.15, 0.2) is 29.2 Å². The molecule has 0 unspecified atom stereocenters. The third-order valence-corrected chi connectivity index (χ3v) is 6.85. The molecule has 0 atom stereocenters. The highest BCUT2D eigenvalue weighted by molar-refractivity contribution is 8.00. The first-order valence-corrected chi connectivity index (χ1v) is 11.5. The van der Waals surface area contributed by atoms with Crippen molar-refractivity contribution in [2.75, 3.05) is 23.0 Å². The van der Waals surface area contributed by atoms with E-state index in [-0.39, 0.29) is 22.8 Å². The lowest BCUT2D eigenvalue weighted by atomic mass is 10.2. The number of unbranched alkanes of at least 4 members (excludes halogenated alkanes) is 1. The molecular formula is C14H22O5S3. The average molecular weight is 367 g/mol. The molecule has 1 rings (SSSR count). The van der Waals surface area contributed by atoms with Crippen molar-refractivity contribution in [1.82, 2.24) is 0 Å². The van der Waals surface area contributed by atoms with Gasteiger partial charge in [0.25, 0.3) is 10.1 Å². The molecule has 126 valence electrons. The van der Waals surface area contributed by atoms with Crippen molar-refractivity contribution >= 4 is 31.7 Å². The molecule has 22 heavy (non-hydrogen) atoms. The van der Waals surface area contributed by atoms with Crippen LogP contribution in [-0.2, 0) is 26.4 Å². The largest absolute Gasteiger partial charge is 0.286 e. The highest BCUT2D eigenvalue weighted by Gasteiger charge is 2.14. The van der Waals surface area contributed by atoms with E-state index in [0.29, 0.717) is 11.3 Å². The van der Waals surface area contributed by atoms with Gasteiger partial charge < -0.3 is 0 Å². The van der Waals surface area contributed by atoms with Crippen LogP contribution in [0.25, 0.3) is 0 Å². The summed E-state index contributed by atoms with van der Waals surface area (Å²) in [5.74, 6) is 1.28. The van der Waals surface area contributed by atoms with Gasteiger partial charge >= 0.3 is 0 Å². The van der Waals surface area contributed by atoms with Crippen LogP contribution in [-0.4, -0.2) is 44.4 Å². The Morgan fingerprint density at radius 2 is 1.64 bits per heavy atom. The molecule has 0 heterocycles. The van der Waals surface area contributed by atoms with Gasteiger partial charge in [-0.05, 0) is 36.3 Å². The van der Waals surface area contributed by atoms with Crippen LogP contribution in [0, 0.1) is 0 Å². The summed E-state index contributed by atoms with van der Waals surface area (Å²) in [6.07, 6.45) is 2.35. The maximum Gasteiger partial charge on any atom is 0.265 e. The van der Waals surface area contributed by atoms with Gasteiger partial charge in [-0.15, -0.1) is 0 Å². The van der Waals surface area contributed by atoms with E-state index in [2.05, 4.69) is 6.92 Å². The van der Waals surface area contributed by atoms with Crippen LogP contribution in [0.2, 0.25) is 0 Å². The van der Waals surface area contributed by atoms with E-state index in [0.717, 1.165) is 18.6 Å². The van der Waals surface area contributed by atoms with Crippen LogP contribution in [0.4, 0.5) is 0 Å². The fourth-order valence-electron chi connectivity index (χ4n) is 1.75.